The lowest BCUT2D eigenvalue weighted by Gasteiger charge is -2.46. The third-order valence-electron chi connectivity index (χ3n) is 5.60. The van der Waals surface area contributed by atoms with Crippen LogP contribution in [0.2, 0.25) is 0 Å². The summed E-state index contributed by atoms with van der Waals surface area (Å²) in [6, 6.07) is 4.55. The number of aryl methyl sites for hydroxylation is 1. The molecule has 126 valence electrons. The molecule has 0 N–H and O–H groups in total. The van der Waals surface area contributed by atoms with Gasteiger partial charge in [0.1, 0.15) is 11.4 Å². The van der Waals surface area contributed by atoms with Crippen molar-refractivity contribution in [3.8, 4) is 5.75 Å². The summed E-state index contributed by atoms with van der Waals surface area (Å²) in [6.45, 7) is 9.02. The van der Waals surface area contributed by atoms with Gasteiger partial charge in [-0.1, -0.05) is 31.4 Å². The summed E-state index contributed by atoms with van der Waals surface area (Å²) in [5.41, 5.74) is 4.09. The van der Waals surface area contributed by atoms with Crippen molar-refractivity contribution in [2.45, 2.75) is 82.6 Å². The van der Waals surface area contributed by atoms with Gasteiger partial charge in [0.25, 0.3) is 0 Å². The maximum absolute atomic E-state index is 6.47. The Bertz CT molecular complexity index is 615. The number of thiol groups is 1. The zero-order chi connectivity index (χ0) is 16.6. The first-order valence-electron chi connectivity index (χ1n) is 9.14. The minimum Gasteiger partial charge on any atom is -0.487 e. The second-order valence-corrected chi connectivity index (χ2v) is 8.36. The maximum atomic E-state index is 6.47. The predicted molar refractivity (Wildman–Crippen MR) is 101 cm³/mol. The molecular formula is C21H30OS. The van der Waals surface area contributed by atoms with Gasteiger partial charge in [-0.3, -0.25) is 0 Å². The molecule has 0 unspecified atom stereocenters. The molecule has 1 aromatic carbocycles. The fourth-order valence-electron chi connectivity index (χ4n) is 4.30. The van der Waals surface area contributed by atoms with E-state index in [9.17, 15) is 0 Å². The summed E-state index contributed by atoms with van der Waals surface area (Å²) in [7, 11) is 0. The average Bonchev–Trinajstić information content (AvgIpc) is 2.46. The van der Waals surface area contributed by atoms with Gasteiger partial charge in [-0.2, -0.15) is 0 Å². The highest BCUT2D eigenvalue weighted by molar-refractivity contribution is 7.80. The van der Waals surface area contributed by atoms with E-state index in [4.69, 9.17) is 17.4 Å². The molecule has 0 radical (unpaired) electrons. The fourth-order valence-corrected chi connectivity index (χ4v) is 4.73. The molecule has 0 fully saturated rings. The Balaban J connectivity index is 1.99. The fraction of sp³-hybridized carbons (Fsp3) is 0.619. The lowest BCUT2D eigenvalue weighted by Crippen LogP contribution is -2.45. The van der Waals surface area contributed by atoms with E-state index < -0.39 is 0 Å². The molecule has 1 aliphatic carbocycles. The van der Waals surface area contributed by atoms with E-state index in [1.54, 1.807) is 0 Å². The van der Waals surface area contributed by atoms with Crippen molar-refractivity contribution in [2.24, 2.45) is 5.92 Å². The second-order valence-electron chi connectivity index (χ2n) is 7.87. The van der Waals surface area contributed by atoms with E-state index in [0.717, 1.165) is 17.1 Å². The van der Waals surface area contributed by atoms with Crippen LogP contribution < -0.4 is 4.74 Å². The number of hydrogen-bond acceptors (Lipinski definition) is 2. The molecule has 0 saturated heterocycles. The normalized spacial score (nSPS) is 25.2. The number of benzene rings is 1. The maximum Gasteiger partial charge on any atom is 0.125 e. The molecule has 1 aliphatic heterocycles. The number of unbranched alkanes of at least 4 members (excludes halogenated alkanes) is 2. The number of hydrogen-bond donors (Lipinski definition) is 1. The number of allylic oxidation sites excluding steroid dienone is 2. The topological polar surface area (TPSA) is 9.23 Å². The summed E-state index contributed by atoms with van der Waals surface area (Å²) in [4.78, 5) is 1.12. The minimum absolute atomic E-state index is 0.100. The summed E-state index contributed by atoms with van der Waals surface area (Å²) >= 11 is 4.84. The predicted octanol–water partition coefficient (Wildman–Crippen LogP) is 6.32. The van der Waals surface area contributed by atoms with Gasteiger partial charge in [-0.15, -0.1) is 12.6 Å². The molecule has 0 amide bonds. The standard InChI is InChI=1S/C21H30OS/c1-5-6-7-8-15-12-18-20(19(23)13-15)16-11-14(2)9-10-17(16)21(3,4)22-18/h11-13,16-17,23H,5-10H2,1-4H3/t16-,17-/m1/s1. The molecule has 1 heterocycles. The third-order valence-corrected chi connectivity index (χ3v) is 5.97. The number of fused-ring (bicyclic) bond motifs is 3. The molecule has 2 atom stereocenters. The van der Waals surface area contributed by atoms with Crippen LogP contribution in [-0.2, 0) is 6.42 Å². The van der Waals surface area contributed by atoms with Gasteiger partial charge in [0.2, 0.25) is 0 Å². The highest BCUT2D eigenvalue weighted by atomic mass is 32.1. The lowest BCUT2D eigenvalue weighted by molar-refractivity contribution is 0.0105. The third kappa shape index (κ3) is 3.33. The molecule has 2 aliphatic rings. The Labute approximate surface area is 146 Å². The van der Waals surface area contributed by atoms with Crippen molar-refractivity contribution in [1.29, 1.82) is 0 Å². The van der Waals surface area contributed by atoms with Crippen LogP contribution in [0, 0.1) is 5.92 Å². The van der Waals surface area contributed by atoms with Crippen molar-refractivity contribution in [1.82, 2.24) is 0 Å². The smallest absolute Gasteiger partial charge is 0.125 e. The molecule has 23 heavy (non-hydrogen) atoms. The Morgan fingerprint density at radius 3 is 2.78 bits per heavy atom. The van der Waals surface area contributed by atoms with E-state index in [2.05, 4.69) is 45.9 Å². The van der Waals surface area contributed by atoms with Crippen molar-refractivity contribution >= 4 is 12.6 Å². The first-order chi connectivity index (χ1) is 10.9. The van der Waals surface area contributed by atoms with E-state index in [-0.39, 0.29) is 5.60 Å². The van der Waals surface area contributed by atoms with E-state index in [0.29, 0.717) is 11.8 Å². The quantitative estimate of drug-likeness (QED) is 0.386. The van der Waals surface area contributed by atoms with Gasteiger partial charge in [-0.05, 0) is 64.2 Å². The molecule has 0 saturated carbocycles. The van der Waals surface area contributed by atoms with Crippen LogP contribution in [0.1, 0.15) is 76.8 Å². The van der Waals surface area contributed by atoms with Crippen LogP contribution in [0.3, 0.4) is 0 Å². The largest absolute Gasteiger partial charge is 0.487 e. The highest BCUT2D eigenvalue weighted by Gasteiger charge is 2.44. The van der Waals surface area contributed by atoms with Gasteiger partial charge < -0.3 is 4.74 Å². The van der Waals surface area contributed by atoms with Crippen LogP contribution in [0.5, 0.6) is 5.75 Å². The second kappa shape index (κ2) is 6.55. The van der Waals surface area contributed by atoms with E-state index in [1.165, 1.54) is 48.8 Å². The molecular weight excluding hydrogens is 300 g/mol. The Kier molecular flexibility index (Phi) is 4.83. The SMILES string of the molecule is CCCCCc1cc(S)c2c(c1)OC(C)(C)[C@@H]1CCC(C)=C[C@@H]21. The van der Waals surface area contributed by atoms with Gasteiger partial charge in [0.15, 0.2) is 0 Å². The molecule has 0 bridgehead atoms. The molecule has 2 heteroatoms. The first kappa shape index (κ1) is 17.0. The minimum atomic E-state index is -0.100. The van der Waals surface area contributed by atoms with Crippen LogP contribution in [-0.4, -0.2) is 5.60 Å². The Morgan fingerprint density at radius 2 is 2.04 bits per heavy atom. The number of rotatable bonds is 4. The van der Waals surface area contributed by atoms with Gasteiger partial charge in [0, 0.05) is 22.3 Å². The molecule has 0 spiro atoms. The summed E-state index contributed by atoms with van der Waals surface area (Å²) in [5, 5.41) is 0. The van der Waals surface area contributed by atoms with E-state index in [1.807, 2.05) is 0 Å². The van der Waals surface area contributed by atoms with Crippen LogP contribution >= 0.6 is 12.6 Å². The van der Waals surface area contributed by atoms with Crippen LogP contribution in [0.4, 0.5) is 0 Å². The molecule has 1 nitrogen and oxygen atoms in total. The monoisotopic (exact) mass is 330 g/mol. The Morgan fingerprint density at radius 1 is 1.26 bits per heavy atom. The zero-order valence-corrected chi connectivity index (χ0v) is 15.9. The highest BCUT2D eigenvalue weighted by Crippen LogP contribution is 2.52. The Hall–Kier alpha value is -0.890. The summed E-state index contributed by atoms with van der Waals surface area (Å²) < 4.78 is 6.47. The molecule has 3 rings (SSSR count). The van der Waals surface area contributed by atoms with Gasteiger partial charge >= 0.3 is 0 Å². The zero-order valence-electron chi connectivity index (χ0n) is 15.0. The van der Waals surface area contributed by atoms with Gasteiger partial charge in [0.05, 0.1) is 0 Å². The number of ether oxygens (including phenoxy) is 1. The van der Waals surface area contributed by atoms with Crippen LogP contribution in [0.25, 0.3) is 0 Å². The first-order valence-corrected chi connectivity index (χ1v) is 9.59. The molecule has 0 aromatic heterocycles. The molecule has 1 aromatic rings. The van der Waals surface area contributed by atoms with Crippen molar-refractivity contribution in [2.75, 3.05) is 0 Å². The average molecular weight is 331 g/mol. The lowest BCUT2D eigenvalue weighted by atomic mass is 9.68. The summed E-state index contributed by atoms with van der Waals surface area (Å²) in [6.07, 6.45) is 9.80. The van der Waals surface area contributed by atoms with Crippen molar-refractivity contribution < 1.29 is 4.74 Å². The van der Waals surface area contributed by atoms with Crippen LogP contribution in [0.15, 0.2) is 28.7 Å². The summed E-state index contributed by atoms with van der Waals surface area (Å²) in [5.74, 6) is 2.08. The van der Waals surface area contributed by atoms with Gasteiger partial charge in [-0.25, -0.2) is 0 Å². The van der Waals surface area contributed by atoms with Crippen molar-refractivity contribution in [3.05, 3.63) is 34.9 Å². The van der Waals surface area contributed by atoms with E-state index >= 15 is 0 Å². The van der Waals surface area contributed by atoms with Crippen molar-refractivity contribution in [3.63, 3.8) is 0 Å².